The number of Topliss-reactive ketones (excluding diaryl/α,β-unsaturated/α-hetero) is 1. The molecule has 0 aliphatic carbocycles. The Bertz CT molecular complexity index is 825. The number of imide groups is 1. The summed E-state index contributed by atoms with van der Waals surface area (Å²) in [5, 5.41) is 2.51. The van der Waals surface area contributed by atoms with Gasteiger partial charge in [0, 0.05) is 6.20 Å². The van der Waals surface area contributed by atoms with E-state index in [0.717, 1.165) is 29.3 Å². The molecule has 1 unspecified atom stereocenters. The molecule has 0 spiro atoms. The Hall–Kier alpha value is -1.03. The summed E-state index contributed by atoms with van der Waals surface area (Å²) < 4.78 is 5.51. The zero-order valence-electron chi connectivity index (χ0n) is 15.2. The molecule has 2 aromatic rings. The fourth-order valence-electron chi connectivity index (χ4n) is 2.45. The zero-order chi connectivity index (χ0) is 18.5. The van der Waals surface area contributed by atoms with Crippen LogP contribution in [0.1, 0.15) is 28.5 Å². The van der Waals surface area contributed by atoms with Gasteiger partial charge in [-0.25, -0.2) is 0 Å². The number of aromatic nitrogens is 1. The van der Waals surface area contributed by atoms with E-state index in [0.29, 0.717) is 17.9 Å². The van der Waals surface area contributed by atoms with Crippen molar-refractivity contribution in [2.24, 2.45) is 0 Å². The molecule has 1 atom stereocenters. The topological polar surface area (TPSA) is 87.4 Å². The van der Waals surface area contributed by atoms with E-state index in [4.69, 9.17) is 4.74 Å². The minimum Gasteiger partial charge on any atom is -0.585 e. The minimum absolute atomic E-state index is 0. The van der Waals surface area contributed by atoms with E-state index in [1.807, 2.05) is 25.1 Å². The number of hydrogen-bond donors (Lipinski definition) is 0. The van der Waals surface area contributed by atoms with Crippen molar-refractivity contribution in [1.82, 2.24) is 4.98 Å². The number of carbonyl (C=O) groups excluding carboxylic acids is 3. The number of hydrogen-bond acceptors (Lipinski definition) is 6. The summed E-state index contributed by atoms with van der Waals surface area (Å²) in [6.07, 6.45) is 3.00. The Morgan fingerprint density at radius 1 is 1.15 bits per heavy atom. The van der Waals surface area contributed by atoms with Gasteiger partial charge in [-0.15, -0.1) is 0 Å². The van der Waals surface area contributed by atoms with Crippen LogP contribution in [0.2, 0.25) is 0 Å². The summed E-state index contributed by atoms with van der Waals surface area (Å²) in [5.41, 5.74) is 2.35. The molecule has 6 nitrogen and oxygen atoms in total. The molecule has 1 aromatic heterocycles. The predicted octanol–water partition coefficient (Wildman–Crippen LogP) is 0.588. The number of ether oxygens (including phenoxy) is 1. The molecule has 27 heavy (non-hydrogen) atoms. The molecule has 0 bridgehead atoms. The van der Waals surface area contributed by atoms with Gasteiger partial charge in [0.15, 0.2) is 6.61 Å². The van der Waals surface area contributed by atoms with Gasteiger partial charge in [-0.3, -0.25) is 9.78 Å². The molecule has 0 radical (unpaired) electrons. The van der Waals surface area contributed by atoms with Crippen molar-refractivity contribution in [2.75, 3.05) is 6.61 Å². The predicted molar refractivity (Wildman–Crippen MR) is 98.7 cm³/mol. The Kier molecular flexibility index (Phi) is 8.65. The summed E-state index contributed by atoms with van der Waals surface area (Å²) in [4.78, 5) is 38.9. The number of carbonyl (C=O) groups is 3. The molecule has 1 saturated heterocycles. The second-order valence-corrected chi connectivity index (χ2v) is 6.94. The number of rotatable bonds is 7. The van der Waals surface area contributed by atoms with Crippen molar-refractivity contribution in [2.45, 2.75) is 25.0 Å². The molecule has 134 valence electrons. The van der Waals surface area contributed by atoms with Crippen LogP contribution < -0.4 is 56.1 Å². The fraction of sp³-hybridized carbons (Fsp3) is 0.263. The van der Waals surface area contributed by atoms with Crippen molar-refractivity contribution in [3.8, 4) is 5.75 Å². The van der Waals surface area contributed by atoms with Crippen molar-refractivity contribution in [1.29, 1.82) is 0 Å². The maximum absolute atomic E-state index is 12.1. The maximum atomic E-state index is 12.1. The van der Waals surface area contributed by atoms with E-state index in [2.05, 4.69) is 10.3 Å². The van der Waals surface area contributed by atoms with Crippen LogP contribution in [0.3, 0.4) is 0 Å². The van der Waals surface area contributed by atoms with Gasteiger partial charge in [-0.1, -0.05) is 36.9 Å². The number of aryl methyl sites for hydroxylation is 1. The SMILES string of the molecule is CCc1ccc(C(=O)COc2ccc(CC3SC(=O)[N-]C3=O)cc2)nc1.[K+]. The Labute approximate surface area is 204 Å². The van der Waals surface area contributed by atoms with Crippen LogP contribution in [-0.2, 0) is 17.6 Å². The number of pyridine rings is 1. The Balaban J connectivity index is 0.00000261. The number of thioether (sulfide) groups is 1. The molecule has 0 saturated carbocycles. The van der Waals surface area contributed by atoms with Crippen LogP contribution >= 0.6 is 11.8 Å². The van der Waals surface area contributed by atoms with Gasteiger partial charge in [-0.2, -0.15) is 0 Å². The summed E-state index contributed by atoms with van der Waals surface area (Å²) >= 11 is 0.949. The summed E-state index contributed by atoms with van der Waals surface area (Å²) in [6.45, 7) is 1.93. The third kappa shape index (κ3) is 6.23. The van der Waals surface area contributed by atoms with Gasteiger partial charge in [-0.05, 0) is 42.2 Å². The quantitative estimate of drug-likeness (QED) is 0.492. The van der Waals surface area contributed by atoms with Crippen LogP contribution in [0.15, 0.2) is 42.6 Å². The third-order valence-corrected chi connectivity index (χ3v) is 4.90. The molecule has 3 rings (SSSR count). The maximum Gasteiger partial charge on any atom is 1.00 e. The first kappa shape index (κ1) is 22.3. The largest absolute Gasteiger partial charge is 1.00 e. The molecule has 1 aromatic carbocycles. The summed E-state index contributed by atoms with van der Waals surface area (Å²) in [7, 11) is 0. The molecule has 1 aliphatic heterocycles. The van der Waals surface area contributed by atoms with Crippen LogP contribution in [-0.4, -0.2) is 33.8 Å². The van der Waals surface area contributed by atoms with Gasteiger partial charge in [0.25, 0.3) is 0 Å². The van der Waals surface area contributed by atoms with Crippen molar-refractivity contribution in [3.05, 3.63) is 64.7 Å². The van der Waals surface area contributed by atoms with Crippen LogP contribution in [0.4, 0.5) is 4.79 Å². The standard InChI is InChI=1S/C19H18N2O4S.K/c1-2-12-5-8-15(20-10-12)16(22)11-25-14-6-3-13(4-7-14)9-17-18(23)21-19(24)26-17;/h3-8,10,17H,2,9,11H2,1H3,(H,21,23,24);/q;+1/p-1. The first-order valence-electron chi connectivity index (χ1n) is 8.21. The summed E-state index contributed by atoms with van der Waals surface area (Å²) in [6, 6.07) is 10.7. The van der Waals surface area contributed by atoms with Crippen LogP contribution in [0.5, 0.6) is 5.75 Å². The number of amides is 2. The van der Waals surface area contributed by atoms with Gasteiger partial charge < -0.3 is 19.6 Å². The van der Waals surface area contributed by atoms with E-state index in [1.165, 1.54) is 0 Å². The first-order valence-corrected chi connectivity index (χ1v) is 9.09. The van der Waals surface area contributed by atoms with Crippen molar-refractivity contribution in [3.63, 3.8) is 0 Å². The number of nitrogens with zero attached hydrogens (tertiary/aromatic N) is 2. The molecule has 1 aliphatic rings. The van der Waals surface area contributed by atoms with E-state index in [9.17, 15) is 14.4 Å². The normalized spacial score (nSPS) is 15.8. The average molecular weight is 409 g/mol. The monoisotopic (exact) mass is 408 g/mol. The number of benzene rings is 1. The second-order valence-electron chi connectivity index (χ2n) is 5.79. The smallest absolute Gasteiger partial charge is 0.585 e. The van der Waals surface area contributed by atoms with Gasteiger partial charge in [0.2, 0.25) is 5.78 Å². The van der Waals surface area contributed by atoms with E-state index in [1.54, 1.807) is 24.4 Å². The van der Waals surface area contributed by atoms with Gasteiger partial charge in [0.05, 0.1) is 11.2 Å². The molecule has 2 heterocycles. The van der Waals surface area contributed by atoms with Crippen LogP contribution in [0.25, 0.3) is 5.32 Å². The molecular weight excluding hydrogens is 391 g/mol. The van der Waals surface area contributed by atoms with E-state index in [-0.39, 0.29) is 69.7 Å². The second kappa shape index (κ2) is 10.5. The van der Waals surface area contributed by atoms with Crippen molar-refractivity contribution >= 4 is 28.7 Å². The zero-order valence-corrected chi connectivity index (χ0v) is 19.1. The Morgan fingerprint density at radius 2 is 1.85 bits per heavy atom. The Morgan fingerprint density at radius 3 is 2.41 bits per heavy atom. The average Bonchev–Trinajstić information content (AvgIpc) is 2.98. The molecular formula is C19H17KN2O4S. The summed E-state index contributed by atoms with van der Waals surface area (Å²) in [5.74, 6) is -0.0178. The van der Waals surface area contributed by atoms with Gasteiger partial charge in [0.1, 0.15) is 16.7 Å². The minimum atomic E-state index is -0.451. The fourth-order valence-corrected chi connectivity index (χ4v) is 3.26. The van der Waals surface area contributed by atoms with Crippen LogP contribution in [0, 0.1) is 0 Å². The molecule has 8 heteroatoms. The third-order valence-electron chi connectivity index (χ3n) is 3.95. The van der Waals surface area contributed by atoms with E-state index < -0.39 is 10.5 Å². The van der Waals surface area contributed by atoms with Gasteiger partial charge >= 0.3 is 51.4 Å². The molecule has 1 fully saturated rings. The number of ketones is 1. The molecule has 0 N–H and O–H groups in total. The first-order chi connectivity index (χ1) is 12.5. The molecule has 2 amide bonds. The van der Waals surface area contributed by atoms with Crippen molar-refractivity contribution < 1.29 is 70.5 Å². The van der Waals surface area contributed by atoms with E-state index >= 15 is 0 Å².